The van der Waals surface area contributed by atoms with E-state index < -0.39 is 38.2 Å². The van der Waals surface area contributed by atoms with Crippen LogP contribution in [-0.4, -0.2) is 27.7 Å². The van der Waals surface area contributed by atoms with Gasteiger partial charge in [-0.15, -0.1) is 0 Å². The molecule has 2 heterocycles. The average Bonchev–Trinajstić information content (AvgIpc) is 2.64. The Morgan fingerprint density at radius 3 is 2.48 bits per heavy atom. The number of ether oxygens (including phenoxy) is 2. The second-order valence-electron chi connectivity index (χ2n) is 6.82. The first kappa shape index (κ1) is 18.7. The van der Waals surface area contributed by atoms with Crippen molar-refractivity contribution in [3.05, 3.63) is 58.6 Å². The van der Waals surface area contributed by atoms with Gasteiger partial charge in [0.25, 0.3) is 0 Å². The fourth-order valence-corrected chi connectivity index (χ4v) is 6.70. The second kappa shape index (κ2) is 6.43. The van der Waals surface area contributed by atoms with Crippen molar-refractivity contribution in [1.29, 1.82) is 0 Å². The lowest BCUT2D eigenvalue weighted by molar-refractivity contribution is -0.0626. The Bertz CT molecular complexity index is 994. The zero-order chi connectivity index (χ0) is 19.4. The lowest BCUT2D eigenvalue weighted by Crippen LogP contribution is -2.56. The molecule has 2 aliphatic heterocycles. The predicted molar refractivity (Wildman–Crippen MR) is 95.7 cm³/mol. The summed E-state index contributed by atoms with van der Waals surface area (Å²) in [6.07, 6.45) is -0.499. The third-order valence-electron chi connectivity index (χ3n) is 5.51. The van der Waals surface area contributed by atoms with E-state index in [2.05, 4.69) is 0 Å². The van der Waals surface area contributed by atoms with Crippen molar-refractivity contribution < 1.29 is 26.7 Å². The molecule has 27 heavy (non-hydrogen) atoms. The number of sulfone groups is 1. The number of fused-ring (bicyclic) bond motifs is 3. The molecule has 0 aromatic heterocycles. The maximum absolute atomic E-state index is 14.9. The molecule has 1 saturated heterocycles. The maximum Gasteiger partial charge on any atom is 0.189 e. The molecule has 144 valence electrons. The second-order valence-corrected chi connectivity index (χ2v) is 9.47. The van der Waals surface area contributed by atoms with Crippen LogP contribution in [0.15, 0.2) is 41.3 Å². The number of hydrogen-bond donors (Lipinski definition) is 0. The molecule has 0 radical (unpaired) electrons. The highest BCUT2D eigenvalue weighted by atomic mass is 35.5. The van der Waals surface area contributed by atoms with E-state index in [1.807, 2.05) is 0 Å². The molecule has 2 aromatic carbocycles. The smallest absolute Gasteiger partial charge is 0.189 e. The topological polar surface area (TPSA) is 52.6 Å². The van der Waals surface area contributed by atoms with Crippen LogP contribution in [0.2, 0.25) is 5.02 Å². The fourth-order valence-electron chi connectivity index (χ4n) is 4.19. The average molecular weight is 415 g/mol. The van der Waals surface area contributed by atoms with Gasteiger partial charge in [-0.05, 0) is 49.7 Å². The van der Waals surface area contributed by atoms with Crippen molar-refractivity contribution >= 4 is 21.4 Å². The molecule has 0 N–H and O–H groups in total. The van der Waals surface area contributed by atoms with Crippen molar-refractivity contribution in [2.75, 3.05) is 13.2 Å². The van der Waals surface area contributed by atoms with E-state index in [-0.39, 0.29) is 35.8 Å². The molecule has 0 aliphatic carbocycles. The van der Waals surface area contributed by atoms with Crippen LogP contribution in [0.4, 0.5) is 8.78 Å². The summed E-state index contributed by atoms with van der Waals surface area (Å²) in [5.41, 5.74) is -0.246. The molecule has 1 fully saturated rings. The van der Waals surface area contributed by atoms with Gasteiger partial charge in [0.1, 0.15) is 10.6 Å². The minimum absolute atomic E-state index is 0.00233. The van der Waals surface area contributed by atoms with Gasteiger partial charge in [0, 0.05) is 17.5 Å². The molecule has 0 saturated carbocycles. The van der Waals surface area contributed by atoms with Crippen LogP contribution >= 0.6 is 11.6 Å². The third-order valence-corrected chi connectivity index (χ3v) is 8.33. The van der Waals surface area contributed by atoms with E-state index >= 15 is 0 Å². The summed E-state index contributed by atoms with van der Waals surface area (Å²) in [6.45, 7) is 1.75. The van der Waals surface area contributed by atoms with Crippen molar-refractivity contribution in [2.45, 2.75) is 29.1 Å². The minimum Gasteiger partial charge on any atom is -0.490 e. The predicted octanol–water partition coefficient (Wildman–Crippen LogP) is 4.10. The monoisotopic (exact) mass is 414 g/mol. The number of hydrogen-bond acceptors (Lipinski definition) is 4. The SMILES string of the molecule is C[C@@H]1OCC[C@]2(S(=O)(=O)c3ccc(Cl)cc3)c3c(F)ccc(F)c3OC[C@H]12. The lowest BCUT2D eigenvalue weighted by Gasteiger charge is -2.49. The summed E-state index contributed by atoms with van der Waals surface area (Å²) in [5.74, 6) is -2.61. The van der Waals surface area contributed by atoms with Gasteiger partial charge < -0.3 is 9.47 Å². The zero-order valence-corrected chi connectivity index (χ0v) is 16.0. The molecule has 3 atom stereocenters. The van der Waals surface area contributed by atoms with Gasteiger partial charge >= 0.3 is 0 Å². The van der Waals surface area contributed by atoms with Crippen LogP contribution in [0.1, 0.15) is 18.9 Å². The largest absolute Gasteiger partial charge is 0.490 e. The Balaban J connectivity index is 2.04. The Kier molecular flexibility index (Phi) is 4.44. The summed E-state index contributed by atoms with van der Waals surface area (Å²) in [5, 5.41) is 0.382. The molecule has 8 heteroatoms. The Morgan fingerprint density at radius 2 is 1.78 bits per heavy atom. The summed E-state index contributed by atoms with van der Waals surface area (Å²) < 4.78 is 66.3. The van der Waals surface area contributed by atoms with Crippen LogP contribution in [-0.2, 0) is 19.3 Å². The van der Waals surface area contributed by atoms with Crippen LogP contribution in [0.25, 0.3) is 0 Å². The Morgan fingerprint density at radius 1 is 1.11 bits per heavy atom. The molecule has 4 nitrogen and oxygen atoms in total. The molecule has 0 unspecified atom stereocenters. The molecule has 0 bridgehead atoms. The van der Waals surface area contributed by atoms with E-state index in [4.69, 9.17) is 21.1 Å². The molecule has 2 aliphatic rings. The summed E-state index contributed by atoms with van der Waals surface area (Å²) >= 11 is 5.89. The highest BCUT2D eigenvalue weighted by Crippen LogP contribution is 2.55. The summed E-state index contributed by atoms with van der Waals surface area (Å²) in [4.78, 5) is 0.00233. The quantitative estimate of drug-likeness (QED) is 0.742. The van der Waals surface area contributed by atoms with Crippen molar-refractivity contribution in [1.82, 2.24) is 0 Å². The lowest BCUT2D eigenvalue weighted by atomic mass is 9.76. The first-order chi connectivity index (χ1) is 12.8. The van der Waals surface area contributed by atoms with Crippen LogP contribution in [0.5, 0.6) is 5.75 Å². The van der Waals surface area contributed by atoms with Crippen molar-refractivity contribution in [3.8, 4) is 5.75 Å². The Hall–Kier alpha value is -1.70. The van der Waals surface area contributed by atoms with Gasteiger partial charge in [0.2, 0.25) is 0 Å². The first-order valence-corrected chi connectivity index (χ1v) is 10.4. The zero-order valence-electron chi connectivity index (χ0n) is 14.4. The van der Waals surface area contributed by atoms with E-state index in [1.165, 1.54) is 24.3 Å². The fraction of sp³-hybridized carbons (Fsp3) is 0.368. The van der Waals surface area contributed by atoms with Gasteiger partial charge in [-0.3, -0.25) is 0 Å². The van der Waals surface area contributed by atoms with E-state index in [9.17, 15) is 17.2 Å². The Labute approximate surface area is 161 Å². The normalized spacial score (nSPS) is 27.4. The summed E-state index contributed by atoms with van der Waals surface area (Å²) in [6, 6.07) is 7.58. The molecule has 2 aromatic rings. The van der Waals surface area contributed by atoms with Gasteiger partial charge in [-0.2, -0.15) is 0 Å². The van der Waals surface area contributed by atoms with Crippen LogP contribution < -0.4 is 4.74 Å². The molecular weight excluding hydrogens is 398 g/mol. The number of rotatable bonds is 2. The molecule has 0 spiro atoms. The van der Waals surface area contributed by atoms with E-state index in [1.54, 1.807) is 6.92 Å². The number of halogens is 3. The first-order valence-electron chi connectivity index (χ1n) is 8.52. The highest BCUT2D eigenvalue weighted by Gasteiger charge is 2.60. The minimum atomic E-state index is -4.11. The standard InChI is InChI=1S/C19H17ClF2O4S/c1-11-14-10-26-18-16(22)7-6-15(21)17(18)19(14,8-9-25-11)27(23,24)13-4-2-12(20)3-5-13/h2-7,11,14H,8-10H2,1H3/t11-,14+,19+/m0/s1. The summed E-state index contributed by atoms with van der Waals surface area (Å²) in [7, 11) is -4.11. The molecular formula is C19H17ClF2O4S. The molecule has 4 rings (SSSR count). The van der Waals surface area contributed by atoms with Gasteiger partial charge in [0.15, 0.2) is 21.4 Å². The number of benzene rings is 2. The van der Waals surface area contributed by atoms with Gasteiger partial charge in [0.05, 0.1) is 23.2 Å². The van der Waals surface area contributed by atoms with Crippen molar-refractivity contribution in [3.63, 3.8) is 0 Å². The highest BCUT2D eigenvalue weighted by molar-refractivity contribution is 7.92. The van der Waals surface area contributed by atoms with Crippen molar-refractivity contribution in [2.24, 2.45) is 5.92 Å². The van der Waals surface area contributed by atoms with E-state index in [0.29, 0.717) is 5.02 Å². The van der Waals surface area contributed by atoms with Gasteiger partial charge in [-0.1, -0.05) is 11.6 Å². The van der Waals surface area contributed by atoms with Crippen LogP contribution in [0, 0.1) is 17.6 Å². The van der Waals surface area contributed by atoms with Gasteiger partial charge in [-0.25, -0.2) is 17.2 Å². The maximum atomic E-state index is 14.9. The third kappa shape index (κ3) is 2.59. The van der Waals surface area contributed by atoms with E-state index in [0.717, 1.165) is 12.1 Å². The molecule has 0 amide bonds. The van der Waals surface area contributed by atoms with Crippen LogP contribution in [0.3, 0.4) is 0 Å².